The van der Waals surface area contributed by atoms with Crippen molar-refractivity contribution in [2.24, 2.45) is 0 Å². The van der Waals surface area contributed by atoms with E-state index in [4.69, 9.17) is 0 Å². The molecule has 4 aliphatic rings. The van der Waals surface area contributed by atoms with Gasteiger partial charge >= 0.3 is 0 Å². The minimum atomic E-state index is -1.36. The fourth-order valence-electron chi connectivity index (χ4n) is 7.42. The first-order valence-electron chi connectivity index (χ1n) is 18.0. The summed E-state index contributed by atoms with van der Waals surface area (Å²) in [5.74, 6) is -1.42. The first-order valence-corrected chi connectivity index (χ1v) is 18.0. The molecule has 0 saturated carbocycles. The number of hydrogen-bond acceptors (Lipinski definition) is 12. The van der Waals surface area contributed by atoms with Crippen LogP contribution in [0.25, 0.3) is 22.3 Å². The summed E-state index contributed by atoms with van der Waals surface area (Å²) >= 11 is 0. The summed E-state index contributed by atoms with van der Waals surface area (Å²) in [5.41, 5.74) is 5.66. The number of amides is 2. The lowest BCUT2D eigenvalue weighted by atomic mass is 9.95. The van der Waals surface area contributed by atoms with E-state index in [-0.39, 0.29) is 34.1 Å². The molecule has 4 aromatic carbocycles. The first-order chi connectivity index (χ1) is 26.8. The number of hydrogen-bond donors (Lipinski definition) is 10. The van der Waals surface area contributed by atoms with Gasteiger partial charge in [0.15, 0.2) is 11.6 Å². The Labute approximate surface area is 320 Å². The highest BCUT2D eigenvalue weighted by Crippen LogP contribution is 2.39. The van der Waals surface area contributed by atoms with Crippen molar-refractivity contribution < 1.29 is 49.8 Å². The molecule has 0 unspecified atom stereocenters. The highest BCUT2D eigenvalue weighted by Gasteiger charge is 2.39. The number of aliphatic hydroxyl groups is 6. The van der Waals surface area contributed by atoms with Gasteiger partial charge in [-0.3, -0.25) is 19.2 Å². The Morgan fingerprint density at radius 1 is 0.500 bits per heavy atom. The van der Waals surface area contributed by atoms with Gasteiger partial charge in [0, 0.05) is 34.7 Å². The van der Waals surface area contributed by atoms with Crippen molar-refractivity contribution in [1.29, 1.82) is 0 Å². The van der Waals surface area contributed by atoms with Crippen LogP contribution in [0.1, 0.15) is 66.4 Å². The molecule has 0 bridgehead atoms. The van der Waals surface area contributed by atoms with Gasteiger partial charge < -0.3 is 51.9 Å². The third-order valence-corrected chi connectivity index (χ3v) is 10.5. The molecule has 4 aromatic rings. The van der Waals surface area contributed by atoms with Gasteiger partial charge in [0.2, 0.25) is 0 Å². The third kappa shape index (κ3) is 6.68. The van der Waals surface area contributed by atoms with Crippen molar-refractivity contribution in [2.45, 2.75) is 62.6 Å². The Morgan fingerprint density at radius 3 is 1.21 bits per heavy atom. The summed E-state index contributed by atoms with van der Waals surface area (Å²) in [5, 5.41) is 70.3. The van der Waals surface area contributed by atoms with Crippen LogP contribution in [0.3, 0.4) is 0 Å². The zero-order valence-electron chi connectivity index (χ0n) is 30.2. The first kappa shape index (κ1) is 38.3. The average molecular weight is 761 g/mol. The molecule has 2 aliphatic carbocycles. The summed E-state index contributed by atoms with van der Waals surface area (Å²) in [6.45, 7) is 3.30. The Balaban J connectivity index is 0.000000172. The van der Waals surface area contributed by atoms with Crippen LogP contribution in [0.4, 0.5) is 0 Å². The molecular formula is C42H40N4O10. The van der Waals surface area contributed by atoms with E-state index in [0.29, 0.717) is 33.4 Å². The average Bonchev–Trinajstić information content (AvgIpc) is 3.68. The molecule has 10 N–H and O–H groups in total. The number of aliphatic hydroxyl groups excluding tert-OH is 6. The number of carbonyl (C=O) groups excluding carboxylic acids is 4. The number of ketones is 2. The molecule has 288 valence electrons. The number of benzene rings is 4. The molecular weight excluding hydrogens is 720 g/mol. The molecule has 14 heteroatoms. The van der Waals surface area contributed by atoms with E-state index in [2.05, 4.69) is 21.3 Å². The Hall–Kier alpha value is -6.00. The van der Waals surface area contributed by atoms with Gasteiger partial charge in [-0.1, -0.05) is 72.8 Å². The van der Waals surface area contributed by atoms with Crippen molar-refractivity contribution in [3.05, 3.63) is 142 Å². The predicted molar refractivity (Wildman–Crippen MR) is 203 cm³/mol. The molecule has 8 rings (SSSR count). The summed E-state index contributed by atoms with van der Waals surface area (Å²) in [4.78, 5) is 51.1. The van der Waals surface area contributed by atoms with Crippen LogP contribution in [0, 0.1) is 0 Å². The molecule has 2 amide bonds. The van der Waals surface area contributed by atoms with Gasteiger partial charge in [0.25, 0.3) is 11.8 Å². The second-order valence-corrected chi connectivity index (χ2v) is 14.1. The standard InChI is InChI=1S/2C21H20N2O5/c2*1-10-17(24)20(27)19(26)15(23-10)9-22-21(28)14-8-4-7-12-11-5-2-3-6-13(11)18(25)16(12)14/h2*2-10,17,19-20,23-24,26-27H,1H3,(H,22,28)/b15-9+;15-9-/t2*10-,17+,19+,20+/m00/s1. The smallest absolute Gasteiger partial charge is 0.256 e. The number of carbonyl (C=O) groups is 4. The maximum absolute atomic E-state index is 12.8. The van der Waals surface area contributed by atoms with E-state index < -0.39 is 60.5 Å². The normalized spacial score (nSPS) is 27.1. The van der Waals surface area contributed by atoms with Crippen LogP contribution in [0.2, 0.25) is 0 Å². The molecule has 0 aromatic heterocycles. The lowest BCUT2D eigenvalue weighted by Crippen LogP contribution is -2.57. The molecule has 2 fully saturated rings. The van der Waals surface area contributed by atoms with Gasteiger partial charge in [0.05, 0.1) is 34.6 Å². The topological polar surface area (TPSA) is 238 Å². The van der Waals surface area contributed by atoms with Gasteiger partial charge in [-0.05, 0) is 48.2 Å². The molecule has 14 nitrogen and oxygen atoms in total. The maximum atomic E-state index is 12.8. The van der Waals surface area contributed by atoms with E-state index in [0.717, 1.165) is 11.1 Å². The number of fused-ring (bicyclic) bond motifs is 6. The van der Waals surface area contributed by atoms with Crippen LogP contribution in [-0.2, 0) is 0 Å². The second kappa shape index (κ2) is 15.3. The van der Waals surface area contributed by atoms with Crippen LogP contribution >= 0.6 is 0 Å². The molecule has 2 saturated heterocycles. The highest BCUT2D eigenvalue weighted by atomic mass is 16.4. The predicted octanol–water partition coefficient (Wildman–Crippen LogP) is 1.09. The molecule has 0 radical (unpaired) electrons. The zero-order valence-corrected chi connectivity index (χ0v) is 30.2. The summed E-state index contributed by atoms with van der Waals surface area (Å²) in [6, 6.07) is 23.6. The van der Waals surface area contributed by atoms with Crippen molar-refractivity contribution in [2.75, 3.05) is 0 Å². The summed E-state index contributed by atoms with van der Waals surface area (Å²) in [6.07, 6.45) is -5.20. The van der Waals surface area contributed by atoms with E-state index in [1.54, 1.807) is 74.5 Å². The van der Waals surface area contributed by atoms with E-state index in [1.807, 2.05) is 24.3 Å². The lowest BCUT2D eigenvalue weighted by Gasteiger charge is -2.36. The minimum Gasteiger partial charge on any atom is -0.388 e. The van der Waals surface area contributed by atoms with E-state index in [1.165, 1.54) is 12.4 Å². The van der Waals surface area contributed by atoms with Gasteiger partial charge in [0.1, 0.15) is 36.6 Å². The molecule has 2 heterocycles. The SMILES string of the molecule is C[C@@H]1N/C(=C/NC(=O)c2cccc3c2C(=O)c2ccccc2-3)[C@@H](O)[C@H](O)[C@@H]1O.C[C@@H]1N/C(=C\NC(=O)c2cccc3c2C(=O)c2ccccc2-3)[C@@H](O)[C@H](O)[C@@H]1O. The Bertz CT molecular complexity index is 2160. The van der Waals surface area contributed by atoms with Gasteiger partial charge in [-0.25, -0.2) is 0 Å². The van der Waals surface area contributed by atoms with Crippen molar-refractivity contribution in [1.82, 2.24) is 21.3 Å². The quantitative estimate of drug-likeness (QED) is 0.122. The molecule has 0 spiro atoms. The van der Waals surface area contributed by atoms with Crippen molar-refractivity contribution in [3.63, 3.8) is 0 Å². The van der Waals surface area contributed by atoms with Crippen LogP contribution in [-0.4, -0.2) is 103 Å². The Morgan fingerprint density at radius 2 is 0.839 bits per heavy atom. The van der Waals surface area contributed by atoms with Gasteiger partial charge in [-0.2, -0.15) is 0 Å². The lowest BCUT2D eigenvalue weighted by molar-refractivity contribution is -0.0759. The molecule has 56 heavy (non-hydrogen) atoms. The number of nitrogens with one attached hydrogen (secondary N) is 4. The maximum Gasteiger partial charge on any atom is 0.256 e. The van der Waals surface area contributed by atoms with Crippen LogP contribution in [0.15, 0.2) is 109 Å². The van der Waals surface area contributed by atoms with Crippen molar-refractivity contribution in [3.8, 4) is 22.3 Å². The highest BCUT2D eigenvalue weighted by molar-refractivity contribution is 6.26. The minimum absolute atomic E-state index is 0.181. The molecule has 8 atom stereocenters. The fourth-order valence-corrected chi connectivity index (χ4v) is 7.42. The molecule has 2 aliphatic heterocycles. The van der Waals surface area contributed by atoms with E-state index >= 15 is 0 Å². The zero-order chi connectivity index (χ0) is 40.0. The van der Waals surface area contributed by atoms with Crippen molar-refractivity contribution >= 4 is 23.4 Å². The largest absolute Gasteiger partial charge is 0.388 e. The van der Waals surface area contributed by atoms with Crippen LogP contribution in [0.5, 0.6) is 0 Å². The third-order valence-electron chi connectivity index (χ3n) is 10.5. The van der Waals surface area contributed by atoms with E-state index in [9.17, 15) is 49.8 Å². The van der Waals surface area contributed by atoms with Crippen LogP contribution < -0.4 is 21.3 Å². The number of rotatable bonds is 4. The monoisotopic (exact) mass is 760 g/mol. The van der Waals surface area contributed by atoms with Gasteiger partial charge in [-0.15, -0.1) is 0 Å². The second-order valence-electron chi connectivity index (χ2n) is 14.1. The number of piperidine rings is 2. The fraction of sp³-hybridized carbons (Fsp3) is 0.238. The Kier molecular flexibility index (Phi) is 10.4. The summed E-state index contributed by atoms with van der Waals surface area (Å²) < 4.78 is 0. The summed E-state index contributed by atoms with van der Waals surface area (Å²) in [7, 11) is 0.